The smallest absolute Gasteiger partial charge is 0.250 e. The largest absolute Gasteiger partial charge is 0.497 e. The minimum absolute atomic E-state index is 0.177. The fraction of sp³-hybridized carbons (Fsp3) is 0.0800. The topological polar surface area (TPSA) is 68.5 Å². The molecule has 158 valence electrons. The molecule has 1 N–H and O–H groups in total. The lowest BCUT2D eigenvalue weighted by Gasteiger charge is -2.16. The quantitative estimate of drug-likeness (QED) is 0.392. The van der Waals surface area contributed by atoms with E-state index in [0.29, 0.717) is 4.96 Å². The molecular weight excluding hydrogens is 420 g/mol. The highest BCUT2D eigenvalue weighted by Crippen LogP contribution is 2.29. The highest BCUT2D eigenvalue weighted by atomic mass is 32.1. The SMILES string of the molecule is COc1cccc(-c2csc3nc(NC(=O)C(c4ccccc4)c4ccccc4)nn23)c1. The highest BCUT2D eigenvalue weighted by Gasteiger charge is 2.24. The second-order valence-electron chi connectivity index (χ2n) is 7.23. The molecule has 2 heterocycles. The Balaban J connectivity index is 1.47. The molecule has 0 aliphatic heterocycles. The van der Waals surface area contributed by atoms with Crippen LogP contribution in [0.4, 0.5) is 5.95 Å². The third-order valence-corrected chi connectivity index (χ3v) is 6.03. The fourth-order valence-corrected chi connectivity index (χ4v) is 4.51. The van der Waals surface area contributed by atoms with Crippen molar-refractivity contribution in [2.24, 2.45) is 0 Å². The molecule has 0 saturated heterocycles. The van der Waals surface area contributed by atoms with Gasteiger partial charge in [0, 0.05) is 10.9 Å². The summed E-state index contributed by atoms with van der Waals surface area (Å²) in [6.07, 6.45) is 0. The Morgan fingerprint density at radius 3 is 2.31 bits per heavy atom. The van der Waals surface area contributed by atoms with Crippen LogP contribution < -0.4 is 10.1 Å². The van der Waals surface area contributed by atoms with Crippen molar-refractivity contribution in [1.29, 1.82) is 0 Å². The predicted molar refractivity (Wildman–Crippen MR) is 126 cm³/mol. The standard InChI is InChI=1S/C25H20N4O2S/c1-31-20-14-8-13-19(15-20)21-16-32-25-27-24(28-29(21)25)26-23(30)22(17-9-4-2-5-10-17)18-11-6-3-7-12-18/h2-16,22H,1H3,(H,26,28,30). The summed E-state index contributed by atoms with van der Waals surface area (Å²) < 4.78 is 7.08. The van der Waals surface area contributed by atoms with Crippen LogP contribution in [0, 0.1) is 0 Å². The van der Waals surface area contributed by atoms with Crippen molar-refractivity contribution in [3.8, 4) is 17.0 Å². The number of aromatic nitrogens is 3. The van der Waals surface area contributed by atoms with Gasteiger partial charge in [-0.25, -0.2) is 4.52 Å². The van der Waals surface area contributed by atoms with Crippen LogP contribution >= 0.6 is 11.3 Å². The number of carbonyl (C=O) groups excluding carboxylic acids is 1. The van der Waals surface area contributed by atoms with Crippen LogP contribution in [0.3, 0.4) is 0 Å². The summed E-state index contributed by atoms with van der Waals surface area (Å²) in [7, 11) is 1.64. The maximum atomic E-state index is 13.3. The van der Waals surface area contributed by atoms with Gasteiger partial charge in [0.1, 0.15) is 5.75 Å². The number of rotatable bonds is 6. The number of ether oxygens (including phenoxy) is 1. The third-order valence-electron chi connectivity index (χ3n) is 5.21. The van der Waals surface area contributed by atoms with E-state index in [1.54, 1.807) is 11.6 Å². The molecular formula is C25H20N4O2S. The molecule has 0 radical (unpaired) electrons. The summed E-state index contributed by atoms with van der Waals surface area (Å²) in [4.78, 5) is 18.6. The van der Waals surface area contributed by atoms with Gasteiger partial charge in [-0.2, -0.15) is 4.98 Å². The zero-order valence-electron chi connectivity index (χ0n) is 17.3. The second-order valence-corrected chi connectivity index (χ2v) is 8.06. The number of nitrogens with one attached hydrogen (secondary N) is 1. The Morgan fingerprint density at radius 2 is 1.66 bits per heavy atom. The van der Waals surface area contributed by atoms with Crippen molar-refractivity contribution in [2.45, 2.75) is 5.92 Å². The van der Waals surface area contributed by atoms with E-state index < -0.39 is 5.92 Å². The normalized spacial score (nSPS) is 11.1. The van der Waals surface area contributed by atoms with Crippen LogP contribution in [-0.2, 0) is 4.79 Å². The average molecular weight is 441 g/mol. The molecule has 0 unspecified atom stereocenters. The molecule has 0 bridgehead atoms. The molecule has 0 atom stereocenters. The molecule has 0 fully saturated rings. The number of hydrogen-bond donors (Lipinski definition) is 1. The summed E-state index contributed by atoms with van der Waals surface area (Å²) in [6, 6.07) is 27.2. The molecule has 2 aromatic heterocycles. The van der Waals surface area contributed by atoms with Crippen molar-refractivity contribution >= 4 is 28.2 Å². The zero-order valence-corrected chi connectivity index (χ0v) is 18.1. The Kier molecular flexibility index (Phi) is 5.39. The monoisotopic (exact) mass is 440 g/mol. The van der Waals surface area contributed by atoms with E-state index in [9.17, 15) is 4.79 Å². The van der Waals surface area contributed by atoms with E-state index in [4.69, 9.17) is 4.74 Å². The first kappa shape index (κ1) is 20.0. The number of thiazole rings is 1. The average Bonchev–Trinajstić information content (AvgIpc) is 3.41. The van der Waals surface area contributed by atoms with Gasteiger partial charge in [0.25, 0.3) is 0 Å². The van der Waals surface area contributed by atoms with Crippen LogP contribution in [0.2, 0.25) is 0 Å². The van der Waals surface area contributed by atoms with Gasteiger partial charge in [-0.1, -0.05) is 72.8 Å². The van der Waals surface area contributed by atoms with Gasteiger partial charge in [0.15, 0.2) is 0 Å². The van der Waals surface area contributed by atoms with Gasteiger partial charge in [0.05, 0.1) is 18.7 Å². The van der Waals surface area contributed by atoms with Gasteiger partial charge in [0.2, 0.25) is 16.8 Å². The van der Waals surface area contributed by atoms with E-state index in [-0.39, 0.29) is 11.9 Å². The van der Waals surface area contributed by atoms with E-state index >= 15 is 0 Å². The minimum Gasteiger partial charge on any atom is -0.497 e. The van der Waals surface area contributed by atoms with Crippen LogP contribution in [0.25, 0.3) is 16.2 Å². The first-order chi connectivity index (χ1) is 15.7. The van der Waals surface area contributed by atoms with Crippen molar-refractivity contribution in [2.75, 3.05) is 12.4 Å². The number of methoxy groups -OCH3 is 1. The van der Waals surface area contributed by atoms with Crippen molar-refractivity contribution in [3.63, 3.8) is 0 Å². The molecule has 0 aliphatic rings. The molecule has 0 aliphatic carbocycles. The summed E-state index contributed by atoms with van der Waals surface area (Å²) >= 11 is 1.47. The molecule has 6 nitrogen and oxygen atoms in total. The Bertz CT molecular complexity index is 1320. The lowest BCUT2D eigenvalue weighted by Crippen LogP contribution is -2.22. The van der Waals surface area contributed by atoms with Gasteiger partial charge in [-0.15, -0.1) is 16.4 Å². The van der Waals surface area contributed by atoms with Crippen LogP contribution in [0.15, 0.2) is 90.3 Å². The number of nitrogens with zero attached hydrogens (tertiary/aromatic N) is 3. The molecule has 5 aromatic rings. The van der Waals surface area contributed by atoms with E-state index in [1.807, 2.05) is 90.3 Å². The van der Waals surface area contributed by atoms with Gasteiger partial charge in [-0.05, 0) is 23.3 Å². The molecule has 5 rings (SSSR count). The molecule has 32 heavy (non-hydrogen) atoms. The Labute approximate surface area is 189 Å². The lowest BCUT2D eigenvalue weighted by atomic mass is 9.90. The summed E-state index contributed by atoms with van der Waals surface area (Å²) in [5.74, 6) is 0.410. The van der Waals surface area contributed by atoms with E-state index in [0.717, 1.165) is 28.1 Å². The molecule has 3 aromatic carbocycles. The molecule has 1 amide bonds. The highest BCUT2D eigenvalue weighted by molar-refractivity contribution is 7.15. The molecule has 0 spiro atoms. The van der Waals surface area contributed by atoms with Crippen LogP contribution in [-0.4, -0.2) is 27.6 Å². The molecule has 0 saturated carbocycles. The molecule has 7 heteroatoms. The predicted octanol–water partition coefficient (Wildman–Crippen LogP) is 5.24. The van der Waals surface area contributed by atoms with E-state index in [1.165, 1.54) is 11.3 Å². The van der Waals surface area contributed by atoms with Gasteiger partial charge in [-0.3, -0.25) is 10.1 Å². The van der Waals surface area contributed by atoms with Crippen molar-refractivity contribution in [3.05, 3.63) is 101 Å². The van der Waals surface area contributed by atoms with Crippen LogP contribution in [0.1, 0.15) is 17.0 Å². The number of hydrogen-bond acceptors (Lipinski definition) is 5. The van der Waals surface area contributed by atoms with E-state index in [2.05, 4.69) is 15.4 Å². The lowest BCUT2D eigenvalue weighted by molar-refractivity contribution is -0.116. The Morgan fingerprint density at radius 1 is 0.969 bits per heavy atom. The fourth-order valence-electron chi connectivity index (χ4n) is 3.68. The maximum absolute atomic E-state index is 13.3. The number of amides is 1. The number of benzene rings is 3. The van der Waals surface area contributed by atoms with Crippen molar-refractivity contribution < 1.29 is 9.53 Å². The second kappa shape index (κ2) is 8.64. The van der Waals surface area contributed by atoms with Crippen LogP contribution in [0.5, 0.6) is 5.75 Å². The van der Waals surface area contributed by atoms with Crippen molar-refractivity contribution in [1.82, 2.24) is 14.6 Å². The summed E-state index contributed by atoms with van der Waals surface area (Å²) in [5.41, 5.74) is 3.67. The maximum Gasteiger partial charge on any atom is 0.250 e. The number of carbonyl (C=O) groups is 1. The summed E-state index contributed by atoms with van der Waals surface area (Å²) in [6.45, 7) is 0. The van der Waals surface area contributed by atoms with Gasteiger partial charge < -0.3 is 4.74 Å². The Hall–Kier alpha value is -3.97. The number of fused-ring (bicyclic) bond motifs is 1. The first-order valence-corrected chi connectivity index (χ1v) is 11.0. The first-order valence-electron chi connectivity index (χ1n) is 10.1. The summed E-state index contributed by atoms with van der Waals surface area (Å²) in [5, 5.41) is 9.47. The third kappa shape index (κ3) is 3.86. The zero-order chi connectivity index (χ0) is 21.9. The minimum atomic E-state index is -0.461. The number of anilines is 1. The van der Waals surface area contributed by atoms with Gasteiger partial charge >= 0.3 is 0 Å².